The molecule has 0 aliphatic carbocycles. The molecule has 0 bridgehead atoms. The molecular formula is C18H10Cl3F3N4. The van der Waals surface area contributed by atoms with Crippen LogP contribution in [0.15, 0.2) is 60.1 Å². The van der Waals surface area contributed by atoms with Gasteiger partial charge in [-0.05, 0) is 36.4 Å². The van der Waals surface area contributed by atoms with Gasteiger partial charge in [0.15, 0.2) is 0 Å². The maximum Gasteiger partial charge on any atom is 0.417 e. The summed E-state index contributed by atoms with van der Waals surface area (Å²) in [6.07, 6.45) is -0.829. The van der Waals surface area contributed by atoms with E-state index in [0.29, 0.717) is 27.5 Å². The van der Waals surface area contributed by atoms with E-state index in [1.807, 2.05) is 0 Å². The molecule has 10 heteroatoms. The average Bonchev–Trinajstić information content (AvgIpc) is 2.64. The van der Waals surface area contributed by atoms with Crippen molar-refractivity contribution in [3.05, 3.63) is 86.9 Å². The van der Waals surface area contributed by atoms with Crippen LogP contribution in [0.2, 0.25) is 15.1 Å². The highest BCUT2D eigenvalue weighted by atomic mass is 35.5. The van der Waals surface area contributed by atoms with E-state index in [1.165, 1.54) is 12.3 Å². The SMILES string of the molecule is FC(F)(F)c1cnc(/C(=N\Nc2ccc(Cl)cc2Cl)c2cccnc2)c(Cl)c1. The molecule has 0 amide bonds. The number of aromatic nitrogens is 2. The Morgan fingerprint density at radius 1 is 1.00 bits per heavy atom. The van der Waals surface area contributed by atoms with E-state index in [9.17, 15) is 13.2 Å². The average molecular weight is 446 g/mol. The smallest absolute Gasteiger partial charge is 0.276 e. The second-order valence-electron chi connectivity index (χ2n) is 5.49. The zero-order valence-corrected chi connectivity index (χ0v) is 16.1. The van der Waals surface area contributed by atoms with Gasteiger partial charge in [0.05, 0.1) is 21.3 Å². The van der Waals surface area contributed by atoms with Gasteiger partial charge in [0.2, 0.25) is 0 Å². The van der Waals surface area contributed by atoms with Gasteiger partial charge in [0.25, 0.3) is 0 Å². The van der Waals surface area contributed by atoms with Crippen LogP contribution < -0.4 is 5.43 Å². The molecule has 0 fully saturated rings. The predicted octanol–water partition coefficient (Wildman–Crippen LogP) is 6.32. The fourth-order valence-electron chi connectivity index (χ4n) is 2.22. The van der Waals surface area contributed by atoms with Crippen LogP contribution in [0.1, 0.15) is 16.8 Å². The summed E-state index contributed by atoms with van der Waals surface area (Å²) in [6.45, 7) is 0. The van der Waals surface area contributed by atoms with Gasteiger partial charge >= 0.3 is 6.18 Å². The molecule has 1 N–H and O–H groups in total. The van der Waals surface area contributed by atoms with Gasteiger partial charge in [0, 0.05) is 29.2 Å². The van der Waals surface area contributed by atoms with E-state index in [0.717, 1.165) is 6.07 Å². The fraction of sp³-hybridized carbons (Fsp3) is 0.0556. The highest BCUT2D eigenvalue weighted by Gasteiger charge is 2.32. The number of pyridine rings is 2. The Morgan fingerprint density at radius 2 is 1.79 bits per heavy atom. The summed E-state index contributed by atoms with van der Waals surface area (Å²) in [5, 5.41) is 4.80. The maximum absolute atomic E-state index is 12.9. The van der Waals surface area contributed by atoms with E-state index in [2.05, 4.69) is 20.5 Å². The highest BCUT2D eigenvalue weighted by molar-refractivity contribution is 6.36. The van der Waals surface area contributed by atoms with Gasteiger partial charge in [-0.2, -0.15) is 18.3 Å². The first-order valence-electron chi connectivity index (χ1n) is 7.68. The lowest BCUT2D eigenvalue weighted by molar-refractivity contribution is -0.137. The molecule has 3 aromatic rings. The highest BCUT2D eigenvalue weighted by Crippen LogP contribution is 2.32. The Hall–Kier alpha value is -2.35. The summed E-state index contributed by atoms with van der Waals surface area (Å²) in [7, 11) is 0. The van der Waals surface area contributed by atoms with Crippen LogP contribution in [-0.2, 0) is 6.18 Å². The molecule has 0 aliphatic rings. The molecular weight excluding hydrogens is 436 g/mol. The second kappa shape index (κ2) is 8.34. The van der Waals surface area contributed by atoms with Crippen molar-refractivity contribution < 1.29 is 13.2 Å². The van der Waals surface area contributed by atoms with Crippen molar-refractivity contribution in [2.45, 2.75) is 6.18 Å². The number of nitrogens with one attached hydrogen (secondary N) is 1. The molecule has 2 heterocycles. The summed E-state index contributed by atoms with van der Waals surface area (Å²) in [6, 6.07) is 8.86. The normalized spacial score (nSPS) is 12.1. The van der Waals surface area contributed by atoms with Crippen molar-refractivity contribution in [2.24, 2.45) is 5.10 Å². The molecule has 144 valence electrons. The summed E-state index contributed by atoms with van der Waals surface area (Å²) in [5.41, 5.74) is 2.98. The lowest BCUT2D eigenvalue weighted by Crippen LogP contribution is -2.12. The molecule has 0 radical (unpaired) electrons. The van der Waals surface area contributed by atoms with E-state index in [-0.39, 0.29) is 16.4 Å². The number of nitrogens with zero attached hydrogens (tertiary/aromatic N) is 3. The summed E-state index contributed by atoms with van der Waals surface area (Å²) < 4.78 is 38.7. The topological polar surface area (TPSA) is 50.2 Å². The first kappa shape index (κ1) is 20.4. The minimum absolute atomic E-state index is 0.0558. The van der Waals surface area contributed by atoms with Crippen LogP contribution in [0.4, 0.5) is 18.9 Å². The Bertz CT molecular complexity index is 1020. The Balaban J connectivity index is 2.06. The molecule has 0 unspecified atom stereocenters. The Kier molecular flexibility index (Phi) is 6.07. The summed E-state index contributed by atoms with van der Waals surface area (Å²) >= 11 is 18.1. The van der Waals surface area contributed by atoms with E-state index in [4.69, 9.17) is 34.8 Å². The van der Waals surface area contributed by atoms with Crippen LogP contribution >= 0.6 is 34.8 Å². The number of hydrogen-bond acceptors (Lipinski definition) is 4. The zero-order valence-electron chi connectivity index (χ0n) is 13.8. The van der Waals surface area contributed by atoms with E-state index in [1.54, 1.807) is 30.5 Å². The number of rotatable bonds is 4. The molecule has 1 aromatic carbocycles. The predicted molar refractivity (Wildman–Crippen MR) is 104 cm³/mol. The quantitative estimate of drug-likeness (QED) is 0.378. The van der Waals surface area contributed by atoms with E-state index < -0.39 is 11.7 Å². The van der Waals surface area contributed by atoms with Gasteiger partial charge in [0.1, 0.15) is 11.4 Å². The largest absolute Gasteiger partial charge is 0.417 e. The standard InChI is InChI=1S/C18H10Cl3F3N4/c19-12-3-4-15(13(20)7-12)27-28-16(10-2-1-5-25-8-10)17-14(21)6-11(9-26-17)18(22,23)24/h1-9,27H/b28-16-. The molecule has 4 nitrogen and oxygen atoms in total. The van der Waals surface area contributed by atoms with Crippen molar-refractivity contribution >= 4 is 46.2 Å². The third kappa shape index (κ3) is 4.73. The Morgan fingerprint density at radius 3 is 2.39 bits per heavy atom. The van der Waals surface area contributed by atoms with Crippen molar-refractivity contribution in [1.82, 2.24) is 9.97 Å². The van der Waals surface area contributed by atoms with Crippen LogP contribution in [0.25, 0.3) is 0 Å². The molecule has 0 saturated heterocycles. The molecule has 0 aliphatic heterocycles. The lowest BCUT2D eigenvalue weighted by Gasteiger charge is -2.12. The van der Waals surface area contributed by atoms with Crippen molar-refractivity contribution in [3.8, 4) is 0 Å². The number of benzene rings is 1. The number of halogens is 6. The zero-order chi connectivity index (χ0) is 20.3. The monoisotopic (exact) mass is 444 g/mol. The lowest BCUT2D eigenvalue weighted by atomic mass is 10.1. The van der Waals surface area contributed by atoms with Crippen molar-refractivity contribution in [2.75, 3.05) is 5.43 Å². The van der Waals surface area contributed by atoms with Crippen molar-refractivity contribution in [3.63, 3.8) is 0 Å². The summed E-state index contributed by atoms with van der Waals surface area (Å²) in [4.78, 5) is 7.86. The van der Waals surface area contributed by atoms with Gasteiger partial charge in [-0.1, -0.05) is 34.8 Å². The first-order valence-corrected chi connectivity index (χ1v) is 8.81. The first-order chi connectivity index (χ1) is 13.3. The maximum atomic E-state index is 12.9. The van der Waals surface area contributed by atoms with Crippen LogP contribution in [0.5, 0.6) is 0 Å². The Labute approximate surface area is 173 Å². The van der Waals surface area contributed by atoms with Crippen LogP contribution in [0.3, 0.4) is 0 Å². The summed E-state index contributed by atoms with van der Waals surface area (Å²) in [5.74, 6) is 0. The molecule has 0 saturated carbocycles. The number of alkyl halides is 3. The van der Waals surface area contributed by atoms with Crippen LogP contribution in [-0.4, -0.2) is 15.7 Å². The van der Waals surface area contributed by atoms with E-state index >= 15 is 0 Å². The fourth-order valence-corrected chi connectivity index (χ4v) is 2.93. The minimum atomic E-state index is -4.56. The van der Waals surface area contributed by atoms with Crippen molar-refractivity contribution in [1.29, 1.82) is 0 Å². The van der Waals surface area contributed by atoms with Gasteiger partial charge < -0.3 is 0 Å². The number of anilines is 1. The van der Waals surface area contributed by atoms with Crippen LogP contribution in [0, 0.1) is 0 Å². The molecule has 0 atom stereocenters. The number of hydrazone groups is 1. The third-order valence-corrected chi connectivity index (χ3v) is 4.38. The van der Waals surface area contributed by atoms with Gasteiger partial charge in [-0.3, -0.25) is 15.4 Å². The third-order valence-electron chi connectivity index (χ3n) is 3.55. The molecule has 3 rings (SSSR count). The minimum Gasteiger partial charge on any atom is -0.276 e. The molecule has 28 heavy (non-hydrogen) atoms. The number of hydrogen-bond donors (Lipinski definition) is 1. The second-order valence-corrected chi connectivity index (χ2v) is 6.74. The van der Waals surface area contributed by atoms with Gasteiger partial charge in [-0.15, -0.1) is 0 Å². The molecule has 2 aromatic heterocycles. The molecule has 0 spiro atoms. The van der Waals surface area contributed by atoms with Gasteiger partial charge in [-0.25, -0.2) is 0 Å².